The standard InChI is InChI=1S/C56H101NO8/c1-6-8-10-12-14-16-18-20-22-23-24-25-26-27-28-29-30-31-33-35-37-39-41-43-45-47-54(59)65-52(51-64-56(55(60)61)62-49-48-57(3,4)5)50-63-53(58)46-44-42-40-38-36-34-32-21-19-17-15-13-11-9-7-2/h15,17-18,20-21,23-24,32,52,56H,6-14,16,19,22,25-31,33-51H2,1-5H3/b17-15-,20-18-,24-23-,32-21-. The van der Waals surface area contributed by atoms with E-state index in [0.29, 0.717) is 17.4 Å². The molecule has 9 nitrogen and oxygen atoms in total. The van der Waals surface area contributed by atoms with Gasteiger partial charge in [0, 0.05) is 12.8 Å². The summed E-state index contributed by atoms with van der Waals surface area (Å²) in [6.07, 6.45) is 54.3. The lowest BCUT2D eigenvalue weighted by Crippen LogP contribution is -2.44. The number of rotatable bonds is 49. The first kappa shape index (κ1) is 62.2. The fraction of sp³-hybridized carbons (Fsp3) is 0.804. The number of unbranched alkanes of at least 4 members (excludes halogenated alkanes) is 26. The Kier molecular flexibility index (Phi) is 45.7. The summed E-state index contributed by atoms with van der Waals surface area (Å²) in [6.45, 7) is 4.70. The summed E-state index contributed by atoms with van der Waals surface area (Å²) in [4.78, 5) is 37.2. The Morgan fingerprint density at radius 3 is 1.25 bits per heavy atom. The molecule has 65 heavy (non-hydrogen) atoms. The monoisotopic (exact) mass is 916 g/mol. The van der Waals surface area contributed by atoms with Crippen molar-refractivity contribution >= 4 is 17.9 Å². The highest BCUT2D eigenvalue weighted by atomic mass is 16.7. The summed E-state index contributed by atoms with van der Waals surface area (Å²) in [5.41, 5.74) is 0. The first-order chi connectivity index (χ1) is 31.6. The van der Waals surface area contributed by atoms with E-state index in [1.54, 1.807) is 0 Å². The second kappa shape index (κ2) is 47.7. The van der Waals surface area contributed by atoms with Crippen LogP contribution < -0.4 is 5.11 Å². The third kappa shape index (κ3) is 49.0. The molecule has 0 rings (SSSR count). The van der Waals surface area contributed by atoms with Crippen LogP contribution in [0.2, 0.25) is 0 Å². The SMILES string of the molecule is CCCCC/C=C\C/C=C\CCCCCCCC(=O)OCC(COC(OCC[N+](C)(C)C)C(=O)[O-])OC(=O)CCCCCCCCCCCCCCC/C=C\C/C=C\CCCCCCC. The number of carboxylic acid groups (broad SMARTS) is 1. The molecule has 0 aliphatic rings. The van der Waals surface area contributed by atoms with Crippen LogP contribution in [0.15, 0.2) is 48.6 Å². The number of carbonyl (C=O) groups is 3. The summed E-state index contributed by atoms with van der Waals surface area (Å²) in [7, 11) is 5.91. The van der Waals surface area contributed by atoms with Crippen molar-refractivity contribution in [3.8, 4) is 0 Å². The Morgan fingerprint density at radius 2 is 0.831 bits per heavy atom. The van der Waals surface area contributed by atoms with Gasteiger partial charge in [-0.2, -0.15) is 0 Å². The van der Waals surface area contributed by atoms with Crippen molar-refractivity contribution in [3.63, 3.8) is 0 Å². The lowest BCUT2D eigenvalue weighted by molar-refractivity contribution is -0.870. The van der Waals surface area contributed by atoms with Crippen molar-refractivity contribution in [1.29, 1.82) is 0 Å². The van der Waals surface area contributed by atoms with Crippen LogP contribution in [0.25, 0.3) is 0 Å². The van der Waals surface area contributed by atoms with Gasteiger partial charge in [0.25, 0.3) is 0 Å². The molecule has 0 aliphatic heterocycles. The molecule has 0 heterocycles. The van der Waals surface area contributed by atoms with Crippen LogP contribution in [0.5, 0.6) is 0 Å². The third-order valence-electron chi connectivity index (χ3n) is 11.5. The minimum atomic E-state index is -1.62. The molecule has 0 aromatic carbocycles. The molecule has 0 saturated heterocycles. The fourth-order valence-electron chi connectivity index (χ4n) is 7.36. The van der Waals surface area contributed by atoms with Crippen molar-refractivity contribution in [1.82, 2.24) is 0 Å². The molecule has 0 saturated carbocycles. The molecule has 0 N–H and O–H groups in total. The van der Waals surface area contributed by atoms with Crippen LogP contribution >= 0.6 is 0 Å². The summed E-state index contributed by atoms with van der Waals surface area (Å²) < 4.78 is 22.6. The molecular weight excluding hydrogens is 815 g/mol. The number of ether oxygens (including phenoxy) is 4. The highest BCUT2D eigenvalue weighted by molar-refractivity contribution is 5.70. The van der Waals surface area contributed by atoms with Crippen molar-refractivity contribution in [2.24, 2.45) is 0 Å². The molecule has 0 radical (unpaired) electrons. The zero-order chi connectivity index (χ0) is 47.7. The van der Waals surface area contributed by atoms with E-state index in [9.17, 15) is 19.5 Å². The number of hydrogen-bond donors (Lipinski definition) is 0. The number of nitrogens with zero attached hydrogens (tertiary/aromatic N) is 1. The maximum absolute atomic E-state index is 12.8. The molecular formula is C56H101NO8. The fourth-order valence-corrected chi connectivity index (χ4v) is 7.36. The number of esters is 2. The number of carboxylic acids is 1. The van der Waals surface area contributed by atoms with E-state index in [4.69, 9.17) is 18.9 Å². The van der Waals surface area contributed by atoms with Crippen molar-refractivity contribution in [3.05, 3.63) is 48.6 Å². The minimum Gasteiger partial charge on any atom is -0.545 e. The van der Waals surface area contributed by atoms with E-state index in [-0.39, 0.29) is 38.6 Å². The van der Waals surface area contributed by atoms with Gasteiger partial charge in [-0.25, -0.2) is 0 Å². The highest BCUT2D eigenvalue weighted by Gasteiger charge is 2.22. The van der Waals surface area contributed by atoms with Crippen LogP contribution in [0.4, 0.5) is 0 Å². The van der Waals surface area contributed by atoms with Crippen molar-refractivity contribution in [2.45, 2.75) is 245 Å². The van der Waals surface area contributed by atoms with E-state index < -0.39 is 24.3 Å². The molecule has 0 fully saturated rings. The Morgan fingerprint density at radius 1 is 0.462 bits per heavy atom. The molecule has 0 aliphatic carbocycles. The summed E-state index contributed by atoms with van der Waals surface area (Å²) in [5.74, 6) is -2.30. The first-order valence-corrected chi connectivity index (χ1v) is 26.8. The summed E-state index contributed by atoms with van der Waals surface area (Å²) in [6, 6.07) is 0. The van der Waals surface area contributed by atoms with Gasteiger partial charge in [0.1, 0.15) is 13.2 Å². The third-order valence-corrected chi connectivity index (χ3v) is 11.5. The normalized spacial score (nSPS) is 13.2. The Bertz CT molecular complexity index is 1210. The lowest BCUT2D eigenvalue weighted by atomic mass is 10.0. The average molecular weight is 916 g/mol. The lowest BCUT2D eigenvalue weighted by Gasteiger charge is -2.26. The average Bonchev–Trinajstić information content (AvgIpc) is 3.27. The van der Waals surface area contributed by atoms with Gasteiger partial charge in [-0.3, -0.25) is 9.59 Å². The van der Waals surface area contributed by atoms with Crippen molar-refractivity contribution in [2.75, 3.05) is 47.5 Å². The number of likely N-dealkylation sites (N-methyl/N-ethyl adjacent to an activating group) is 1. The number of carbonyl (C=O) groups excluding carboxylic acids is 3. The molecule has 0 spiro atoms. The van der Waals surface area contributed by atoms with E-state index in [2.05, 4.69) is 62.5 Å². The predicted octanol–water partition coefficient (Wildman–Crippen LogP) is 13.8. The van der Waals surface area contributed by atoms with Gasteiger partial charge in [-0.15, -0.1) is 0 Å². The van der Waals surface area contributed by atoms with Crippen molar-refractivity contribution < 1.29 is 42.9 Å². The van der Waals surface area contributed by atoms with Gasteiger partial charge in [0.2, 0.25) is 0 Å². The first-order valence-electron chi connectivity index (χ1n) is 26.8. The molecule has 0 bridgehead atoms. The second-order valence-corrected chi connectivity index (χ2v) is 19.2. The van der Waals surface area contributed by atoms with Crippen LogP contribution in [0.1, 0.15) is 232 Å². The van der Waals surface area contributed by atoms with Gasteiger partial charge in [-0.1, -0.05) is 191 Å². The van der Waals surface area contributed by atoms with Crippen LogP contribution in [-0.4, -0.2) is 82.3 Å². The number of hydrogen-bond acceptors (Lipinski definition) is 8. The van der Waals surface area contributed by atoms with Gasteiger partial charge >= 0.3 is 11.9 Å². The molecule has 9 heteroatoms. The molecule has 378 valence electrons. The topological polar surface area (TPSA) is 111 Å². The van der Waals surface area contributed by atoms with Crippen LogP contribution in [0, 0.1) is 0 Å². The van der Waals surface area contributed by atoms with E-state index >= 15 is 0 Å². The smallest absolute Gasteiger partial charge is 0.306 e. The van der Waals surface area contributed by atoms with Gasteiger partial charge in [0.05, 0.1) is 40.3 Å². The molecule has 2 unspecified atom stereocenters. The molecule has 2 atom stereocenters. The van der Waals surface area contributed by atoms with Gasteiger partial charge in [-0.05, 0) is 77.0 Å². The quantitative estimate of drug-likeness (QED) is 0.0195. The summed E-state index contributed by atoms with van der Waals surface area (Å²) >= 11 is 0. The maximum atomic E-state index is 12.8. The number of allylic oxidation sites excluding steroid dienone is 8. The highest BCUT2D eigenvalue weighted by Crippen LogP contribution is 2.15. The molecule has 0 aromatic rings. The summed E-state index contributed by atoms with van der Waals surface area (Å²) in [5, 5.41) is 11.7. The molecule has 0 amide bonds. The number of aliphatic carboxylic acids is 1. The number of quaternary nitrogens is 1. The Labute approximate surface area is 400 Å². The van der Waals surface area contributed by atoms with Crippen LogP contribution in [0.3, 0.4) is 0 Å². The predicted molar refractivity (Wildman–Crippen MR) is 269 cm³/mol. The largest absolute Gasteiger partial charge is 0.545 e. The van der Waals surface area contributed by atoms with Gasteiger partial charge < -0.3 is 33.3 Å². The zero-order valence-corrected chi connectivity index (χ0v) is 42.9. The van der Waals surface area contributed by atoms with E-state index in [1.807, 2.05) is 21.1 Å². The minimum absolute atomic E-state index is 0.145. The molecule has 0 aromatic heterocycles. The second-order valence-electron chi connectivity index (χ2n) is 19.2. The van der Waals surface area contributed by atoms with Crippen LogP contribution in [-0.2, 0) is 33.3 Å². The Hall–Kier alpha value is -2.75. The zero-order valence-electron chi connectivity index (χ0n) is 42.9. The van der Waals surface area contributed by atoms with Gasteiger partial charge in [0.15, 0.2) is 12.4 Å². The van der Waals surface area contributed by atoms with E-state index in [1.165, 1.54) is 128 Å². The Balaban J connectivity index is 4.27. The maximum Gasteiger partial charge on any atom is 0.306 e. The van der Waals surface area contributed by atoms with E-state index in [0.717, 1.165) is 70.6 Å².